The van der Waals surface area contributed by atoms with Gasteiger partial charge in [-0.1, -0.05) is 259 Å². The Balaban J connectivity index is 4.51. The SMILES string of the molecule is CC/C=C\C/C=C\C/C=C\C/C=C\C/C=C\CCCCCC(=O)O[C@H](COC(=O)CCC/C=C\C/C=C\C/C=C\CCCCCCCC)COC(=O)CCCCCCCCCCCCCCCCCCC. The zero-order chi connectivity index (χ0) is 51.4. The Morgan fingerprint density at radius 1 is 0.296 bits per heavy atom. The van der Waals surface area contributed by atoms with Crippen LogP contribution in [0.15, 0.2) is 97.2 Å². The first-order valence-corrected chi connectivity index (χ1v) is 29.7. The van der Waals surface area contributed by atoms with Crippen molar-refractivity contribution in [1.29, 1.82) is 0 Å². The summed E-state index contributed by atoms with van der Waals surface area (Å²) in [5.41, 5.74) is 0. The molecule has 0 N–H and O–H groups in total. The summed E-state index contributed by atoms with van der Waals surface area (Å²) < 4.78 is 16.8. The molecule has 0 aromatic heterocycles. The van der Waals surface area contributed by atoms with Gasteiger partial charge < -0.3 is 14.2 Å². The molecule has 406 valence electrons. The predicted octanol–water partition coefficient (Wildman–Crippen LogP) is 20.1. The third-order valence-electron chi connectivity index (χ3n) is 12.6. The van der Waals surface area contributed by atoms with Crippen LogP contribution in [0.5, 0.6) is 0 Å². The second kappa shape index (κ2) is 58.9. The Labute approximate surface area is 438 Å². The number of carbonyl (C=O) groups is 3. The van der Waals surface area contributed by atoms with E-state index in [-0.39, 0.29) is 44.0 Å². The van der Waals surface area contributed by atoms with Crippen LogP contribution in [0.1, 0.15) is 278 Å². The first-order chi connectivity index (χ1) is 35.0. The van der Waals surface area contributed by atoms with Crippen molar-refractivity contribution in [3.8, 4) is 0 Å². The number of esters is 3. The molecule has 71 heavy (non-hydrogen) atoms. The summed E-state index contributed by atoms with van der Waals surface area (Å²) in [5.74, 6) is -0.986. The van der Waals surface area contributed by atoms with E-state index < -0.39 is 6.10 Å². The molecule has 0 unspecified atom stereocenters. The minimum absolute atomic E-state index is 0.105. The average Bonchev–Trinajstić information content (AvgIpc) is 3.37. The van der Waals surface area contributed by atoms with Gasteiger partial charge in [-0.05, 0) is 96.3 Å². The number of hydrogen-bond donors (Lipinski definition) is 0. The number of hydrogen-bond acceptors (Lipinski definition) is 6. The number of unbranched alkanes of at least 4 members (excludes halogenated alkanes) is 26. The highest BCUT2D eigenvalue weighted by Crippen LogP contribution is 2.16. The maximum Gasteiger partial charge on any atom is 0.306 e. The molecule has 6 nitrogen and oxygen atoms in total. The lowest BCUT2D eigenvalue weighted by Crippen LogP contribution is -2.30. The molecule has 0 aromatic rings. The fourth-order valence-corrected chi connectivity index (χ4v) is 8.13. The van der Waals surface area contributed by atoms with E-state index in [0.29, 0.717) is 12.8 Å². The van der Waals surface area contributed by atoms with Crippen LogP contribution in [-0.2, 0) is 28.6 Å². The Hall–Kier alpha value is -3.67. The molecule has 0 spiro atoms. The zero-order valence-electron chi connectivity index (χ0n) is 46.5. The second-order valence-corrected chi connectivity index (χ2v) is 19.5. The van der Waals surface area contributed by atoms with Crippen molar-refractivity contribution in [3.63, 3.8) is 0 Å². The molecule has 0 saturated carbocycles. The van der Waals surface area contributed by atoms with Gasteiger partial charge in [0.25, 0.3) is 0 Å². The topological polar surface area (TPSA) is 78.9 Å². The average molecular weight is 988 g/mol. The highest BCUT2D eigenvalue weighted by atomic mass is 16.6. The van der Waals surface area contributed by atoms with Gasteiger partial charge in [0.05, 0.1) is 0 Å². The molecule has 0 fully saturated rings. The van der Waals surface area contributed by atoms with Crippen molar-refractivity contribution >= 4 is 17.9 Å². The van der Waals surface area contributed by atoms with Crippen molar-refractivity contribution in [3.05, 3.63) is 97.2 Å². The zero-order valence-corrected chi connectivity index (χ0v) is 46.5. The lowest BCUT2D eigenvalue weighted by atomic mass is 10.0. The smallest absolute Gasteiger partial charge is 0.306 e. The van der Waals surface area contributed by atoms with Crippen LogP contribution in [0.4, 0.5) is 0 Å². The summed E-state index contributed by atoms with van der Waals surface area (Å²) in [4.78, 5) is 38.2. The number of ether oxygens (including phenoxy) is 3. The molecular formula is C65H110O6. The third-order valence-corrected chi connectivity index (χ3v) is 12.6. The van der Waals surface area contributed by atoms with E-state index in [1.807, 2.05) is 0 Å². The van der Waals surface area contributed by atoms with Gasteiger partial charge >= 0.3 is 17.9 Å². The first kappa shape index (κ1) is 67.3. The molecule has 0 amide bonds. The van der Waals surface area contributed by atoms with Crippen LogP contribution in [0, 0.1) is 0 Å². The van der Waals surface area contributed by atoms with Crippen molar-refractivity contribution in [2.75, 3.05) is 13.2 Å². The monoisotopic (exact) mass is 987 g/mol. The van der Waals surface area contributed by atoms with E-state index in [1.54, 1.807) is 0 Å². The van der Waals surface area contributed by atoms with E-state index in [1.165, 1.54) is 135 Å². The van der Waals surface area contributed by atoms with Gasteiger partial charge in [-0.25, -0.2) is 0 Å². The Morgan fingerprint density at radius 3 is 0.930 bits per heavy atom. The number of carbonyl (C=O) groups excluding carboxylic acids is 3. The Bertz CT molecular complexity index is 1410. The van der Waals surface area contributed by atoms with Crippen LogP contribution in [0.3, 0.4) is 0 Å². The van der Waals surface area contributed by atoms with Crippen molar-refractivity contribution < 1.29 is 28.6 Å². The molecule has 0 saturated heterocycles. The summed E-state index contributed by atoms with van der Waals surface area (Å²) in [6, 6.07) is 0. The largest absolute Gasteiger partial charge is 0.462 e. The van der Waals surface area contributed by atoms with Gasteiger partial charge in [0.15, 0.2) is 6.10 Å². The molecule has 0 aliphatic carbocycles. The van der Waals surface area contributed by atoms with Crippen molar-refractivity contribution in [2.24, 2.45) is 0 Å². The predicted molar refractivity (Wildman–Crippen MR) is 307 cm³/mol. The standard InChI is InChI=1S/C65H110O6/c1-4-7-10-13-16-19-22-25-28-31-32-35-38-41-44-47-50-53-56-59-65(68)71-62(60-69-63(66)57-54-51-48-45-42-39-36-33-29-26-23-20-17-14-11-8-5-2)61-70-64(67)58-55-52-49-46-43-40-37-34-30-27-24-21-18-15-12-9-6-3/h7,10,16,19,25-26,28-29,32,35-36,39,41,44-45,48,62H,4-6,8-9,11-15,17-18,20-24,27,30-31,33-34,37-38,40,42-43,46-47,49-61H2,1-3H3/b10-7-,19-16-,28-25-,29-26-,35-32-,39-36-,44-41-,48-45-/t62-/m1/s1. The fourth-order valence-electron chi connectivity index (χ4n) is 8.13. The Kier molecular flexibility index (Phi) is 55.9. The fraction of sp³-hybridized carbons (Fsp3) is 0.708. The highest BCUT2D eigenvalue weighted by Gasteiger charge is 2.19. The molecule has 1 atom stereocenters. The van der Waals surface area contributed by atoms with Gasteiger partial charge in [0.2, 0.25) is 0 Å². The van der Waals surface area contributed by atoms with E-state index in [0.717, 1.165) is 96.3 Å². The summed E-state index contributed by atoms with van der Waals surface area (Å²) in [6.07, 6.45) is 78.3. The quantitative estimate of drug-likeness (QED) is 0.0261. The second-order valence-electron chi connectivity index (χ2n) is 19.5. The lowest BCUT2D eigenvalue weighted by molar-refractivity contribution is -0.167. The van der Waals surface area contributed by atoms with Crippen LogP contribution in [-0.4, -0.2) is 37.2 Å². The van der Waals surface area contributed by atoms with Crippen molar-refractivity contribution in [2.45, 2.75) is 284 Å². The molecule has 0 heterocycles. The molecule has 6 heteroatoms. The first-order valence-electron chi connectivity index (χ1n) is 29.7. The molecule has 0 aliphatic heterocycles. The van der Waals surface area contributed by atoms with Gasteiger partial charge in [0.1, 0.15) is 13.2 Å². The summed E-state index contributed by atoms with van der Waals surface area (Å²) >= 11 is 0. The maximum absolute atomic E-state index is 12.9. The van der Waals surface area contributed by atoms with Gasteiger partial charge in [-0.3, -0.25) is 14.4 Å². The molecule has 0 radical (unpaired) electrons. The minimum atomic E-state index is -0.815. The summed E-state index contributed by atoms with van der Waals surface area (Å²) in [7, 11) is 0. The third kappa shape index (κ3) is 57.1. The molecule has 0 aromatic carbocycles. The van der Waals surface area contributed by atoms with Gasteiger partial charge in [-0.15, -0.1) is 0 Å². The van der Waals surface area contributed by atoms with E-state index in [9.17, 15) is 14.4 Å². The molecule has 0 bridgehead atoms. The highest BCUT2D eigenvalue weighted by molar-refractivity contribution is 5.71. The van der Waals surface area contributed by atoms with E-state index >= 15 is 0 Å². The van der Waals surface area contributed by atoms with E-state index in [4.69, 9.17) is 14.2 Å². The number of allylic oxidation sites excluding steroid dienone is 16. The lowest BCUT2D eigenvalue weighted by Gasteiger charge is -2.18. The summed E-state index contributed by atoms with van der Waals surface area (Å²) in [5, 5.41) is 0. The van der Waals surface area contributed by atoms with Gasteiger partial charge in [0, 0.05) is 19.3 Å². The van der Waals surface area contributed by atoms with E-state index in [2.05, 4.69) is 118 Å². The van der Waals surface area contributed by atoms with Crippen molar-refractivity contribution in [1.82, 2.24) is 0 Å². The van der Waals surface area contributed by atoms with Crippen LogP contribution < -0.4 is 0 Å². The number of rotatable bonds is 53. The minimum Gasteiger partial charge on any atom is -0.462 e. The molecular weight excluding hydrogens is 877 g/mol. The van der Waals surface area contributed by atoms with Crippen LogP contribution in [0.2, 0.25) is 0 Å². The normalized spacial score (nSPS) is 12.8. The Morgan fingerprint density at radius 2 is 0.563 bits per heavy atom. The van der Waals surface area contributed by atoms with Crippen LogP contribution >= 0.6 is 0 Å². The molecule has 0 rings (SSSR count). The molecule has 0 aliphatic rings. The summed E-state index contributed by atoms with van der Waals surface area (Å²) in [6.45, 7) is 6.47. The van der Waals surface area contributed by atoms with Crippen LogP contribution in [0.25, 0.3) is 0 Å². The van der Waals surface area contributed by atoms with Gasteiger partial charge in [-0.2, -0.15) is 0 Å². The maximum atomic E-state index is 12.9.